The van der Waals surface area contributed by atoms with E-state index in [0.717, 1.165) is 36.8 Å². The van der Waals surface area contributed by atoms with E-state index in [0.29, 0.717) is 5.56 Å². The molecular weight excluding hydrogens is 180 g/mol. The number of fused-ring (bicyclic) bond motifs is 1. The summed E-state index contributed by atoms with van der Waals surface area (Å²) in [5.41, 5.74) is 1.95. The Hall–Kier alpha value is -1.51. The molecular formula is C11H11O3. The summed E-state index contributed by atoms with van der Waals surface area (Å²) < 4.78 is 0. The molecule has 2 rings (SSSR count). The zero-order chi connectivity index (χ0) is 10.1. The fraction of sp³-hybridized carbons (Fsp3) is 0.364. The smallest absolute Gasteiger partial charge is 0.233 e. The molecule has 0 unspecified atom stereocenters. The second-order valence-electron chi connectivity index (χ2n) is 3.56. The van der Waals surface area contributed by atoms with Crippen LogP contribution in [0.15, 0.2) is 6.07 Å². The van der Waals surface area contributed by atoms with Gasteiger partial charge in [-0.05, 0) is 37.3 Å². The van der Waals surface area contributed by atoms with Crippen LogP contribution in [0.25, 0.3) is 0 Å². The van der Waals surface area contributed by atoms with Crippen LogP contribution in [-0.4, -0.2) is 16.5 Å². The molecule has 73 valence electrons. The van der Waals surface area contributed by atoms with Crippen molar-refractivity contribution in [2.45, 2.75) is 25.7 Å². The molecule has 1 radical (unpaired) electrons. The minimum Gasteiger partial charge on any atom is -0.504 e. The minimum absolute atomic E-state index is 0.0706. The highest BCUT2D eigenvalue weighted by atomic mass is 16.3. The molecule has 1 aromatic rings. The molecule has 0 atom stereocenters. The molecule has 1 aliphatic rings. The predicted molar refractivity (Wildman–Crippen MR) is 51.2 cm³/mol. The standard InChI is InChI=1S/C11H11O3/c12-6-7-5-10(13)11(14)9-4-2-1-3-8(7)9/h5,13-14H,1-4H2. The van der Waals surface area contributed by atoms with Crippen molar-refractivity contribution in [3.8, 4) is 11.5 Å². The Kier molecular flexibility index (Phi) is 2.15. The van der Waals surface area contributed by atoms with Gasteiger partial charge in [-0.1, -0.05) is 0 Å². The maximum atomic E-state index is 10.6. The maximum Gasteiger partial charge on any atom is 0.233 e. The first kappa shape index (κ1) is 9.06. The molecule has 3 nitrogen and oxygen atoms in total. The summed E-state index contributed by atoms with van der Waals surface area (Å²) in [4.78, 5) is 10.6. The van der Waals surface area contributed by atoms with E-state index in [9.17, 15) is 15.0 Å². The van der Waals surface area contributed by atoms with Gasteiger partial charge in [-0.2, -0.15) is 0 Å². The van der Waals surface area contributed by atoms with Crippen LogP contribution in [0.1, 0.15) is 29.5 Å². The second kappa shape index (κ2) is 3.33. The Morgan fingerprint density at radius 1 is 1.14 bits per heavy atom. The number of rotatable bonds is 1. The monoisotopic (exact) mass is 191 g/mol. The highest BCUT2D eigenvalue weighted by Gasteiger charge is 2.19. The molecule has 0 aromatic heterocycles. The van der Waals surface area contributed by atoms with Crippen molar-refractivity contribution in [3.63, 3.8) is 0 Å². The van der Waals surface area contributed by atoms with Crippen LogP contribution in [0.2, 0.25) is 0 Å². The number of benzene rings is 1. The third kappa shape index (κ3) is 1.25. The fourth-order valence-corrected chi connectivity index (χ4v) is 2.00. The lowest BCUT2D eigenvalue weighted by Gasteiger charge is -2.18. The van der Waals surface area contributed by atoms with Gasteiger partial charge in [0.2, 0.25) is 6.29 Å². The average Bonchev–Trinajstić information content (AvgIpc) is 2.23. The SMILES string of the molecule is O=[C]c1cc(O)c(O)c2c1CCCC2. The summed E-state index contributed by atoms with van der Waals surface area (Å²) >= 11 is 0. The zero-order valence-electron chi connectivity index (χ0n) is 7.71. The molecule has 0 saturated carbocycles. The van der Waals surface area contributed by atoms with Crippen molar-refractivity contribution in [1.29, 1.82) is 0 Å². The number of aromatic hydroxyl groups is 2. The van der Waals surface area contributed by atoms with Gasteiger partial charge >= 0.3 is 0 Å². The van der Waals surface area contributed by atoms with E-state index >= 15 is 0 Å². The van der Waals surface area contributed by atoms with Crippen molar-refractivity contribution < 1.29 is 15.0 Å². The van der Waals surface area contributed by atoms with E-state index in [4.69, 9.17) is 0 Å². The molecule has 0 spiro atoms. The Bertz CT molecular complexity index is 383. The number of hydrogen-bond acceptors (Lipinski definition) is 3. The van der Waals surface area contributed by atoms with Crippen molar-refractivity contribution in [2.24, 2.45) is 0 Å². The lowest BCUT2D eigenvalue weighted by Crippen LogP contribution is -2.06. The van der Waals surface area contributed by atoms with Crippen molar-refractivity contribution in [3.05, 3.63) is 22.8 Å². The summed E-state index contributed by atoms with van der Waals surface area (Å²) in [5.74, 6) is -0.289. The molecule has 0 saturated heterocycles. The molecule has 0 heterocycles. The number of phenolic OH excluding ortho intramolecular Hbond substituents is 2. The van der Waals surface area contributed by atoms with Crippen molar-refractivity contribution >= 4 is 6.29 Å². The summed E-state index contributed by atoms with van der Waals surface area (Å²) in [6, 6.07) is 1.28. The van der Waals surface area contributed by atoms with E-state index in [1.807, 2.05) is 0 Å². The predicted octanol–water partition coefficient (Wildman–Crippen LogP) is 1.43. The first-order valence-corrected chi connectivity index (χ1v) is 4.69. The first-order valence-electron chi connectivity index (χ1n) is 4.69. The Labute approximate surface area is 82.0 Å². The molecule has 0 amide bonds. The molecule has 0 bridgehead atoms. The van der Waals surface area contributed by atoms with Gasteiger partial charge in [-0.3, -0.25) is 4.79 Å². The van der Waals surface area contributed by atoms with Gasteiger partial charge in [-0.25, -0.2) is 0 Å². The lowest BCUT2D eigenvalue weighted by atomic mass is 9.87. The van der Waals surface area contributed by atoms with Crippen LogP contribution in [0.3, 0.4) is 0 Å². The maximum absolute atomic E-state index is 10.6. The van der Waals surface area contributed by atoms with Crippen molar-refractivity contribution in [1.82, 2.24) is 0 Å². The summed E-state index contributed by atoms with van der Waals surface area (Å²) in [6.07, 6.45) is 5.32. The molecule has 2 N–H and O–H groups in total. The quantitative estimate of drug-likeness (QED) is 0.660. The molecule has 1 aliphatic carbocycles. The van der Waals surface area contributed by atoms with Gasteiger partial charge in [0.15, 0.2) is 11.5 Å². The Morgan fingerprint density at radius 3 is 2.43 bits per heavy atom. The molecule has 3 heteroatoms. The van der Waals surface area contributed by atoms with Crippen LogP contribution in [0, 0.1) is 0 Å². The topological polar surface area (TPSA) is 57.5 Å². The second-order valence-corrected chi connectivity index (χ2v) is 3.56. The lowest BCUT2D eigenvalue weighted by molar-refractivity contribution is 0.395. The van der Waals surface area contributed by atoms with E-state index < -0.39 is 0 Å². The van der Waals surface area contributed by atoms with Crippen LogP contribution < -0.4 is 0 Å². The van der Waals surface area contributed by atoms with Crippen LogP contribution in [0.5, 0.6) is 11.5 Å². The molecule has 14 heavy (non-hydrogen) atoms. The third-order valence-electron chi connectivity index (χ3n) is 2.71. The van der Waals surface area contributed by atoms with E-state index in [1.54, 1.807) is 6.29 Å². The third-order valence-corrected chi connectivity index (χ3v) is 2.71. The van der Waals surface area contributed by atoms with Gasteiger partial charge in [0.05, 0.1) is 0 Å². The first-order chi connectivity index (χ1) is 6.74. The van der Waals surface area contributed by atoms with Gasteiger partial charge in [0.25, 0.3) is 0 Å². The Morgan fingerprint density at radius 2 is 1.79 bits per heavy atom. The average molecular weight is 191 g/mol. The summed E-state index contributed by atoms with van der Waals surface area (Å²) in [6.45, 7) is 0. The largest absolute Gasteiger partial charge is 0.504 e. The summed E-state index contributed by atoms with van der Waals surface area (Å²) in [5, 5.41) is 18.9. The van der Waals surface area contributed by atoms with Gasteiger partial charge in [0.1, 0.15) is 0 Å². The highest BCUT2D eigenvalue weighted by molar-refractivity contribution is 5.81. The van der Waals surface area contributed by atoms with Crippen LogP contribution in [0.4, 0.5) is 0 Å². The number of phenols is 2. The normalized spacial score (nSPS) is 14.9. The van der Waals surface area contributed by atoms with E-state index in [1.165, 1.54) is 6.07 Å². The molecule has 1 aromatic carbocycles. The molecule has 0 fully saturated rings. The number of hydrogen-bond donors (Lipinski definition) is 2. The zero-order valence-corrected chi connectivity index (χ0v) is 7.71. The summed E-state index contributed by atoms with van der Waals surface area (Å²) in [7, 11) is 0. The minimum atomic E-state index is -0.219. The number of carbonyl (C=O) groups excluding carboxylic acids is 1. The van der Waals surface area contributed by atoms with Crippen LogP contribution >= 0.6 is 0 Å². The van der Waals surface area contributed by atoms with Crippen molar-refractivity contribution in [2.75, 3.05) is 0 Å². The fourth-order valence-electron chi connectivity index (χ4n) is 2.00. The van der Waals surface area contributed by atoms with Gasteiger partial charge in [-0.15, -0.1) is 0 Å². The molecule has 0 aliphatic heterocycles. The van der Waals surface area contributed by atoms with E-state index in [2.05, 4.69) is 0 Å². The Balaban J connectivity index is 2.66. The van der Waals surface area contributed by atoms with E-state index in [-0.39, 0.29) is 11.5 Å². The van der Waals surface area contributed by atoms with Crippen LogP contribution in [-0.2, 0) is 17.6 Å². The van der Waals surface area contributed by atoms with Gasteiger partial charge < -0.3 is 10.2 Å². The highest BCUT2D eigenvalue weighted by Crippen LogP contribution is 2.37. The van der Waals surface area contributed by atoms with Gasteiger partial charge in [0, 0.05) is 11.1 Å².